The molecule has 5 aliphatic heterocycles. The number of aliphatic hydroxyl groups is 2. The van der Waals surface area contributed by atoms with Crippen molar-refractivity contribution in [2.75, 3.05) is 13.2 Å². The Kier molecular flexibility index (Phi) is 18.1. The second-order valence-electron chi connectivity index (χ2n) is 24.6. The van der Waals surface area contributed by atoms with Gasteiger partial charge >= 0.3 is 47.8 Å². The Morgan fingerprint density at radius 3 is 1.04 bits per heavy atom. The number of fused-ring (bicyclic) bond motifs is 13. The summed E-state index contributed by atoms with van der Waals surface area (Å²) < 4.78 is 61.6. The highest BCUT2D eigenvalue weighted by Gasteiger charge is 2.57. The molecule has 13 rings (SSSR count). The van der Waals surface area contributed by atoms with E-state index in [1.807, 2.05) is 0 Å². The Morgan fingerprint density at radius 1 is 0.295 bits per heavy atom. The monoisotopic (exact) mass is 1570 g/mol. The van der Waals surface area contributed by atoms with Crippen molar-refractivity contribution in [2.45, 2.75) is 61.4 Å². The number of aliphatic hydroxyl groups excluding tert-OH is 2. The highest BCUT2D eigenvalue weighted by atomic mass is 16.8. The van der Waals surface area contributed by atoms with Gasteiger partial charge in [0.15, 0.2) is 116 Å². The van der Waals surface area contributed by atoms with Gasteiger partial charge in [-0.05, 0) is 54.6 Å². The van der Waals surface area contributed by atoms with Crippen molar-refractivity contribution in [3.63, 3.8) is 0 Å². The van der Waals surface area contributed by atoms with Gasteiger partial charge in [0.2, 0.25) is 64.7 Å². The maximum Gasteiger partial charge on any atom is 0.343 e. The lowest BCUT2D eigenvalue weighted by Crippen LogP contribution is -2.63. The molecule has 10 atom stereocenters. The van der Waals surface area contributed by atoms with E-state index in [-0.39, 0.29) is 12.1 Å². The summed E-state index contributed by atoms with van der Waals surface area (Å²) in [7, 11) is 0. The van der Waals surface area contributed by atoms with Gasteiger partial charge in [-0.2, -0.15) is 0 Å². The van der Waals surface area contributed by atoms with Crippen LogP contribution in [0, 0.1) is 0 Å². The number of carbonyl (C=O) groups excluding carboxylic acids is 8. The van der Waals surface area contributed by atoms with Crippen LogP contribution in [0.3, 0.4) is 0 Å². The smallest absolute Gasteiger partial charge is 0.343 e. The Balaban J connectivity index is 0.917. The van der Waals surface area contributed by atoms with Crippen molar-refractivity contribution < 1.29 is 218 Å². The quantitative estimate of drug-likeness (QED) is 0.0640. The molecule has 44 nitrogen and oxygen atoms in total. The van der Waals surface area contributed by atoms with Crippen LogP contribution in [-0.4, -0.2) is 250 Å². The van der Waals surface area contributed by atoms with Crippen molar-refractivity contribution in [3.05, 3.63) is 99.1 Å². The molecule has 25 N–H and O–H groups in total. The van der Waals surface area contributed by atoms with Crippen molar-refractivity contribution in [1.82, 2.24) is 0 Å². The number of esters is 8. The molecule has 0 amide bonds. The van der Waals surface area contributed by atoms with E-state index in [4.69, 9.17) is 52.1 Å². The number of phenolic OH excluding ortho intramolecular Hbond substituents is 23. The Morgan fingerprint density at radius 2 is 0.616 bits per heavy atom. The fourth-order valence-electron chi connectivity index (χ4n) is 12.5. The van der Waals surface area contributed by atoms with Gasteiger partial charge < -0.3 is 180 Å². The lowest BCUT2D eigenvalue weighted by atomic mass is 9.90. The molecule has 5 heterocycles. The first-order valence-corrected chi connectivity index (χ1v) is 31.2. The van der Waals surface area contributed by atoms with Crippen LogP contribution in [0.15, 0.2) is 54.6 Å². The third-order valence-corrected chi connectivity index (χ3v) is 17.9. The minimum atomic E-state index is -2.89. The van der Waals surface area contributed by atoms with Gasteiger partial charge in [0.1, 0.15) is 43.2 Å². The van der Waals surface area contributed by atoms with Crippen LogP contribution in [0.1, 0.15) is 82.9 Å². The first-order valence-electron chi connectivity index (χ1n) is 31.2. The second-order valence-corrected chi connectivity index (χ2v) is 24.6. The van der Waals surface area contributed by atoms with Crippen molar-refractivity contribution in [1.29, 1.82) is 0 Å². The van der Waals surface area contributed by atoms with Gasteiger partial charge in [0.25, 0.3) is 0 Å². The van der Waals surface area contributed by atoms with E-state index in [0.29, 0.717) is 42.5 Å². The van der Waals surface area contributed by atoms with E-state index in [9.17, 15) is 156 Å². The third kappa shape index (κ3) is 12.0. The number of carbonyl (C=O) groups is 8. The summed E-state index contributed by atoms with van der Waals surface area (Å²) in [4.78, 5) is 117. The van der Waals surface area contributed by atoms with E-state index >= 15 is 9.59 Å². The maximum atomic E-state index is 15.8. The zero-order chi connectivity index (χ0) is 81.5. The Hall–Kier alpha value is -15.4. The average Bonchev–Trinajstić information content (AvgIpc) is 1.04. The number of hydrogen-bond acceptors (Lipinski definition) is 44. The Bertz CT molecular complexity index is 5480. The molecule has 584 valence electrons. The molecule has 2 saturated heterocycles. The molecule has 0 bridgehead atoms. The predicted molar refractivity (Wildman–Crippen MR) is 344 cm³/mol. The average molecular weight is 1570 g/mol. The summed E-state index contributed by atoms with van der Waals surface area (Å²) in [5, 5.41) is 275. The summed E-state index contributed by atoms with van der Waals surface area (Å²) in [5.41, 5.74) is -17.5. The molecule has 44 heteroatoms. The van der Waals surface area contributed by atoms with Gasteiger partial charge in [-0.25, -0.2) is 38.4 Å². The minimum Gasteiger partial charge on any atom is -0.504 e. The topological polar surface area (TPSA) is 744 Å². The molecule has 8 aromatic rings. The van der Waals surface area contributed by atoms with Gasteiger partial charge in [-0.15, -0.1) is 0 Å². The standard InChI is InChI=1S/C68H48O44/c69-19-1-12(2-20(70)37(19)77)59(94)112-68-58-57(109-64(99)17-8-25(75)41(81)46(86)32(17)33-18(65(100)110-58)9-26(76)42(82)47(33)87)55-29(106-68)11-103-62(97)15-6-23(73)43(83)48(88)34(15)35-36(66(101)108-55)56(51(91)50(90)49(35)89)104-27-4-13(3-21(71)38(27)78)60(95)111-67-53(93)52(92)54-28(105-67)10-102-61(96)14-5-22(72)39(79)44(84)30(14)31-16(63(98)107-54)7-24(74)40(80)45(31)85/h1-9,28-29,52-55,57-58,67-93H,10-11H2/t28-,29+,52+,53+,54-,55-,57+,58+,67-,68-/m0/s1. The van der Waals surface area contributed by atoms with Crippen LogP contribution in [0.25, 0.3) is 33.4 Å². The molecule has 0 radical (unpaired) electrons. The number of benzene rings is 8. The molecular weight excluding hydrogens is 1520 g/mol. The van der Waals surface area contributed by atoms with Crippen LogP contribution < -0.4 is 4.74 Å². The summed E-state index contributed by atoms with van der Waals surface area (Å²) in [5.74, 6) is -53.2. The van der Waals surface area contributed by atoms with Gasteiger partial charge in [-0.3, -0.25) is 0 Å². The fraction of sp³-hybridized carbons (Fsp3) is 0.176. The number of ether oxygens (including phenoxy) is 11. The number of cyclic esters (lactones) is 2. The number of hydrogen-bond donors (Lipinski definition) is 25. The summed E-state index contributed by atoms with van der Waals surface area (Å²) >= 11 is 0. The van der Waals surface area contributed by atoms with Gasteiger partial charge in [-0.1, -0.05) is 0 Å². The summed E-state index contributed by atoms with van der Waals surface area (Å²) in [6, 6.07) is 3.22. The lowest BCUT2D eigenvalue weighted by molar-refractivity contribution is -0.284. The zero-order valence-corrected chi connectivity index (χ0v) is 54.8. The van der Waals surface area contributed by atoms with Crippen molar-refractivity contribution >= 4 is 47.8 Å². The molecule has 0 aromatic heterocycles. The molecule has 0 spiro atoms. The Labute approximate surface area is 614 Å². The molecule has 2 fully saturated rings. The van der Waals surface area contributed by atoms with Crippen molar-refractivity contribution in [2.24, 2.45) is 0 Å². The van der Waals surface area contributed by atoms with Crippen LogP contribution in [0.4, 0.5) is 0 Å². The first-order chi connectivity index (χ1) is 52.7. The molecule has 112 heavy (non-hydrogen) atoms. The summed E-state index contributed by atoms with van der Waals surface area (Å²) in [6.45, 7) is -2.81. The molecule has 0 saturated carbocycles. The number of rotatable bonds is 6. The van der Waals surface area contributed by atoms with Gasteiger partial charge in [0.05, 0.1) is 44.5 Å². The molecule has 0 unspecified atom stereocenters. The fourth-order valence-corrected chi connectivity index (χ4v) is 12.5. The lowest BCUT2D eigenvalue weighted by Gasteiger charge is -2.44. The van der Waals surface area contributed by atoms with Crippen LogP contribution in [0.2, 0.25) is 0 Å². The molecule has 8 aromatic carbocycles. The highest BCUT2D eigenvalue weighted by Crippen LogP contribution is 2.60. The second kappa shape index (κ2) is 27.1. The highest BCUT2D eigenvalue weighted by molar-refractivity contribution is 6.12. The van der Waals surface area contributed by atoms with E-state index in [2.05, 4.69) is 0 Å². The SMILES string of the molecule is O=C(O[C@@H]1O[C@H]2COC(=O)c3cc(O)c(O)c(O)c3-c3c(cc(O)c(O)c3O)C(=O)O[C@@H]2[C@H](O)[C@H]1O)c1cc(O)c(O)c(Oc2c(O)c(O)c(O)c3c2C(=O)O[C@@H]2[C@H]4OC(=O)c5cc(O)c(O)c(O)c5-c5c(cc(O)c(O)c5O)C(=O)O[C@H]4[C@H](OC(=O)c4cc(O)c(O)c(O)c4)O[C@@H]2COC(=O)c2cc(O)c(O)c(O)c2-3)c1. The largest absolute Gasteiger partial charge is 0.504 e. The van der Waals surface area contributed by atoms with Crippen LogP contribution in [0.5, 0.6) is 144 Å². The van der Waals surface area contributed by atoms with Crippen LogP contribution in [-0.2, 0) is 47.4 Å². The molecule has 5 aliphatic rings. The van der Waals surface area contributed by atoms with E-state index in [0.717, 1.165) is 0 Å². The minimum absolute atomic E-state index is 0.253. The van der Waals surface area contributed by atoms with Gasteiger partial charge in [0, 0.05) is 27.8 Å². The van der Waals surface area contributed by atoms with E-state index in [1.54, 1.807) is 0 Å². The molecule has 0 aliphatic carbocycles. The number of aromatic hydroxyl groups is 23. The predicted octanol–water partition coefficient (Wildman–Crippen LogP) is 1.75. The first kappa shape index (κ1) is 74.8. The number of phenols is 23. The normalized spacial score (nSPS) is 21.3. The van der Waals surface area contributed by atoms with E-state index in [1.165, 1.54) is 0 Å². The zero-order valence-electron chi connectivity index (χ0n) is 54.8. The molecular formula is C68H48O44. The third-order valence-electron chi connectivity index (χ3n) is 17.9. The van der Waals surface area contributed by atoms with Crippen molar-refractivity contribution in [3.8, 4) is 177 Å². The maximum absolute atomic E-state index is 15.8. The van der Waals surface area contributed by atoms with E-state index < -0.39 is 344 Å². The van der Waals surface area contributed by atoms with Crippen LogP contribution >= 0.6 is 0 Å². The summed E-state index contributed by atoms with van der Waals surface area (Å²) in [6.07, 6.45) is -26.2.